The molecule has 0 fully saturated rings. The van der Waals surface area contributed by atoms with Gasteiger partial charge in [-0.1, -0.05) is 48.0 Å². The third kappa shape index (κ3) is 4.34. The van der Waals surface area contributed by atoms with Gasteiger partial charge >= 0.3 is 0 Å². The molecule has 4 nitrogen and oxygen atoms in total. The lowest BCUT2D eigenvalue weighted by molar-refractivity contribution is 0.0954. The molecule has 0 atom stereocenters. The highest BCUT2D eigenvalue weighted by Crippen LogP contribution is 2.23. The predicted molar refractivity (Wildman–Crippen MR) is 113 cm³/mol. The summed E-state index contributed by atoms with van der Waals surface area (Å²) in [6.07, 6.45) is 3.48. The summed E-state index contributed by atoms with van der Waals surface area (Å²) in [7, 11) is 0. The van der Waals surface area contributed by atoms with Crippen LogP contribution in [0.25, 0.3) is 0 Å². The van der Waals surface area contributed by atoms with Crippen LogP contribution in [-0.4, -0.2) is 24.0 Å². The number of pyridine rings is 1. The highest BCUT2D eigenvalue weighted by molar-refractivity contribution is 6.30. The molecule has 5 heteroatoms. The number of halogens is 1. The molecular formula is C23H22ClN3O. The van der Waals surface area contributed by atoms with E-state index in [1.165, 1.54) is 11.1 Å². The lowest BCUT2D eigenvalue weighted by Gasteiger charge is -2.29. The average molecular weight is 392 g/mol. The van der Waals surface area contributed by atoms with Crippen molar-refractivity contribution in [3.8, 4) is 0 Å². The van der Waals surface area contributed by atoms with Crippen LogP contribution in [0.15, 0.2) is 66.9 Å². The van der Waals surface area contributed by atoms with Crippen LogP contribution < -0.4 is 10.2 Å². The quantitative estimate of drug-likeness (QED) is 0.706. The number of carbonyl (C=O) groups excluding carboxylic acids is 1. The molecule has 3 aromatic rings. The number of nitrogens with zero attached hydrogens (tertiary/aromatic N) is 2. The number of carbonyl (C=O) groups is 1. The SMILES string of the molecule is O=C(NCCc1ccc(Cl)cc1)c1ccnc(N2CCc3ccccc3C2)c1. The Bertz CT molecular complexity index is 972. The molecule has 0 aliphatic carbocycles. The van der Waals surface area contributed by atoms with Crippen molar-refractivity contribution in [3.05, 3.63) is 94.1 Å². The van der Waals surface area contributed by atoms with E-state index < -0.39 is 0 Å². The second-order valence-corrected chi connectivity index (χ2v) is 7.41. The second-order valence-electron chi connectivity index (χ2n) is 6.98. The number of hydrogen-bond acceptors (Lipinski definition) is 3. The van der Waals surface area contributed by atoms with Crippen molar-refractivity contribution >= 4 is 23.3 Å². The van der Waals surface area contributed by atoms with Crippen LogP contribution in [0.3, 0.4) is 0 Å². The topological polar surface area (TPSA) is 45.2 Å². The maximum Gasteiger partial charge on any atom is 0.251 e. The van der Waals surface area contributed by atoms with Gasteiger partial charge in [-0.05, 0) is 53.8 Å². The number of hydrogen-bond donors (Lipinski definition) is 1. The molecule has 1 N–H and O–H groups in total. The molecule has 1 amide bonds. The molecule has 0 spiro atoms. The van der Waals surface area contributed by atoms with Gasteiger partial charge in [-0.15, -0.1) is 0 Å². The van der Waals surface area contributed by atoms with E-state index in [2.05, 4.69) is 39.5 Å². The molecule has 4 rings (SSSR count). The molecule has 1 aliphatic rings. The highest BCUT2D eigenvalue weighted by Gasteiger charge is 2.18. The summed E-state index contributed by atoms with van der Waals surface area (Å²) in [6, 6.07) is 19.8. The summed E-state index contributed by atoms with van der Waals surface area (Å²) in [4.78, 5) is 19.3. The maximum atomic E-state index is 12.5. The Labute approximate surface area is 170 Å². The minimum atomic E-state index is -0.0741. The van der Waals surface area contributed by atoms with Gasteiger partial charge < -0.3 is 10.2 Å². The van der Waals surface area contributed by atoms with Gasteiger partial charge in [0.25, 0.3) is 5.91 Å². The van der Waals surface area contributed by atoms with E-state index in [4.69, 9.17) is 11.6 Å². The van der Waals surface area contributed by atoms with Crippen LogP contribution in [0.5, 0.6) is 0 Å². The molecule has 2 heterocycles. The normalized spacial score (nSPS) is 13.1. The fraction of sp³-hybridized carbons (Fsp3) is 0.217. The fourth-order valence-electron chi connectivity index (χ4n) is 3.50. The Kier molecular flexibility index (Phi) is 5.58. The molecule has 0 saturated carbocycles. The Hall–Kier alpha value is -2.85. The van der Waals surface area contributed by atoms with E-state index >= 15 is 0 Å². The van der Waals surface area contributed by atoms with Crippen LogP contribution in [0.4, 0.5) is 5.82 Å². The van der Waals surface area contributed by atoms with Crippen molar-refractivity contribution in [1.82, 2.24) is 10.3 Å². The number of aromatic nitrogens is 1. The minimum absolute atomic E-state index is 0.0741. The summed E-state index contributed by atoms with van der Waals surface area (Å²) >= 11 is 5.90. The van der Waals surface area contributed by atoms with E-state index in [1.807, 2.05) is 30.3 Å². The molecule has 2 aromatic carbocycles. The van der Waals surface area contributed by atoms with Gasteiger partial charge in [-0.3, -0.25) is 4.79 Å². The van der Waals surface area contributed by atoms with Gasteiger partial charge in [-0.2, -0.15) is 0 Å². The number of anilines is 1. The lowest BCUT2D eigenvalue weighted by Crippen LogP contribution is -2.31. The standard InChI is InChI=1S/C23H22ClN3O/c24-21-7-5-17(6-8-21)9-12-26-23(28)19-10-13-25-22(15-19)27-14-11-18-3-1-2-4-20(18)16-27/h1-8,10,13,15H,9,11-12,14,16H2,(H,26,28). The smallest absolute Gasteiger partial charge is 0.251 e. The number of benzene rings is 2. The Balaban J connectivity index is 1.38. The van der Waals surface area contributed by atoms with E-state index in [9.17, 15) is 4.79 Å². The van der Waals surface area contributed by atoms with E-state index in [1.54, 1.807) is 12.3 Å². The van der Waals surface area contributed by atoms with E-state index in [0.717, 1.165) is 42.3 Å². The monoisotopic (exact) mass is 391 g/mol. The van der Waals surface area contributed by atoms with Crippen molar-refractivity contribution in [2.24, 2.45) is 0 Å². The number of fused-ring (bicyclic) bond motifs is 1. The van der Waals surface area contributed by atoms with Crippen LogP contribution >= 0.6 is 11.6 Å². The fourth-order valence-corrected chi connectivity index (χ4v) is 3.62. The van der Waals surface area contributed by atoms with Gasteiger partial charge in [0, 0.05) is 36.4 Å². The van der Waals surface area contributed by atoms with Crippen LogP contribution in [-0.2, 0) is 19.4 Å². The van der Waals surface area contributed by atoms with Crippen molar-refractivity contribution < 1.29 is 4.79 Å². The third-order valence-corrected chi connectivity index (χ3v) is 5.33. The third-order valence-electron chi connectivity index (χ3n) is 5.07. The molecule has 1 aliphatic heterocycles. The average Bonchev–Trinajstić information content (AvgIpc) is 2.75. The van der Waals surface area contributed by atoms with Gasteiger partial charge in [0.1, 0.15) is 5.82 Å². The van der Waals surface area contributed by atoms with E-state index in [0.29, 0.717) is 12.1 Å². The zero-order valence-electron chi connectivity index (χ0n) is 15.6. The van der Waals surface area contributed by atoms with Gasteiger partial charge in [-0.25, -0.2) is 4.98 Å². The van der Waals surface area contributed by atoms with Crippen molar-refractivity contribution in [2.45, 2.75) is 19.4 Å². The van der Waals surface area contributed by atoms with Crippen LogP contribution in [0.2, 0.25) is 5.02 Å². The molecule has 1 aromatic heterocycles. The minimum Gasteiger partial charge on any atom is -0.352 e. The first kappa shape index (κ1) is 18.5. The zero-order chi connectivity index (χ0) is 19.3. The summed E-state index contributed by atoms with van der Waals surface area (Å²) in [5, 5.41) is 3.71. The first-order valence-electron chi connectivity index (χ1n) is 9.49. The number of rotatable bonds is 5. The summed E-state index contributed by atoms with van der Waals surface area (Å²) in [6.45, 7) is 2.31. The molecule has 0 unspecified atom stereocenters. The molecular weight excluding hydrogens is 370 g/mol. The molecule has 0 radical (unpaired) electrons. The first-order chi connectivity index (χ1) is 13.7. The Morgan fingerprint density at radius 3 is 2.68 bits per heavy atom. The summed E-state index contributed by atoms with van der Waals surface area (Å²) in [5.41, 5.74) is 4.51. The number of nitrogens with one attached hydrogen (secondary N) is 1. The van der Waals surface area contributed by atoms with Gasteiger partial charge in [0.05, 0.1) is 0 Å². The van der Waals surface area contributed by atoms with Crippen molar-refractivity contribution in [2.75, 3.05) is 18.0 Å². The summed E-state index contributed by atoms with van der Waals surface area (Å²) < 4.78 is 0. The number of amides is 1. The predicted octanol–water partition coefficient (Wildman–Crippen LogP) is 4.27. The van der Waals surface area contributed by atoms with Crippen LogP contribution in [0, 0.1) is 0 Å². The largest absolute Gasteiger partial charge is 0.352 e. The Morgan fingerprint density at radius 2 is 1.86 bits per heavy atom. The van der Waals surface area contributed by atoms with Crippen molar-refractivity contribution in [1.29, 1.82) is 0 Å². The maximum absolute atomic E-state index is 12.5. The zero-order valence-corrected chi connectivity index (χ0v) is 16.3. The van der Waals surface area contributed by atoms with Gasteiger partial charge in [0.15, 0.2) is 0 Å². The Morgan fingerprint density at radius 1 is 1.07 bits per heavy atom. The van der Waals surface area contributed by atoms with Crippen molar-refractivity contribution in [3.63, 3.8) is 0 Å². The van der Waals surface area contributed by atoms with E-state index in [-0.39, 0.29) is 5.91 Å². The molecule has 0 bridgehead atoms. The first-order valence-corrected chi connectivity index (χ1v) is 9.87. The second kappa shape index (κ2) is 8.44. The molecule has 142 valence electrons. The van der Waals surface area contributed by atoms with Crippen LogP contribution in [0.1, 0.15) is 27.0 Å². The molecule has 28 heavy (non-hydrogen) atoms. The highest BCUT2D eigenvalue weighted by atomic mass is 35.5. The lowest BCUT2D eigenvalue weighted by atomic mass is 10.00. The van der Waals surface area contributed by atoms with Gasteiger partial charge in [0.2, 0.25) is 0 Å². The molecule has 0 saturated heterocycles. The summed E-state index contributed by atoms with van der Waals surface area (Å²) in [5.74, 6) is 0.773.